The summed E-state index contributed by atoms with van der Waals surface area (Å²) in [5.41, 5.74) is 0.681. The molecule has 0 spiro atoms. The zero-order chi connectivity index (χ0) is 18.6. The molecule has 8 heteroatoms. The average molecular weight is 363 g/mol. The summed E-state index contributed by atoms with van der Waals surface area (Å²) in [4.78, 5) is 23.6. The summed E-state index contributed by atoms with van der Waals surface area (Å²) in [5, 5.41) is 0. The molecule has 2 rings (SSSR count). The molecule has 0 amide bonds. The van der Waals surface area contributed by atoms with Gasteiger partial charge in [-0.25, -0.2) is 22.0 Å². The maximum Gasteiger partial charge on any atom is 0.340 e. The number of benzene rings is 1. The van der Waals surface area contributed by atoms with E-state index in [9.17, 15) is 18.0 Å². The van der Waals surface area contributed by atoms with E-state index in [4.69, 9.17) is 0 Å². The molecule has 0 atom stereocenters. The van der Waals surface area contributed by atoms with E-state index in [0.29, 0.717) is 0 Å². The van der Waals surface area contributed by atoms with Crippen LogP contribution >= 0.6 is 0 Å². The van der Waals surface area contributed by atoms with Gasteiger partial charge in [0.1, 0.15) is 0 Å². The first-order chi connectivity index (χ1) is 11.8. The number of hydrogen-bond donors (Lipinski definition) is 0. The van der Waals surface area contributed by atoms with Crippen molar-refractivity contribution in [2.45, 2.75) is 11.8 Å². The third-order valence-corrected chi connectivity index (χ3v) is 5.14. The molecular weight excluding hydrogens is 346 g/mol. The molecule has 0 unspecified atom stereocenters. The lowest BCUT2D eigenvalue weighted by Crippen LogP contribution is -2.18. The minimum Gasteiger partial charge on any atom is -0.466 e. The number of methoxy groups -OCH3 is 2. The molecule has 7 nitrogen and oxygen atoms in total. The van der Waals surface area contributed by atoms with Crippen molar-refractivity contribution < 1.29 is 27.5 Å². The van der Waals surface area contributed by atoms with E-state index in [1.807, 2.05) is 6.92 Å². The molecule has 0 bridgehead atoms. The molecule has 1 heterocycles. The van der Waals surface area contributed by atoms with Crippen molar-refractivity contribution in [1.82, 2.24) is 3.97 Å². The highest BCUT2D eigenvalue weighted by Gasteiger charge is 2.25. The zero-order valence-corrected chi connectivity index (χ0v) is 14.7. The van der Waals surface area contributed by atoms with Crippen LogP contribution < -0.4 is 0 Å². The molecule has 0 N–H and O–H groups in total. The molecule has 0 aliphatic rings. The van der Waals surface area contributed by atoms with Crippen LogP contribution in [-0.4, -0.2) is 38.5 Å². The first-order valence-corrected chi connectivity index (χ1v) is 8.63. The first-order valence-electron chi connectivity index (χ1n) is 7.19. The van der Waals surface area contributed by atoms with Crippen LogP contribution in [0.25, 0.3) is 5.57 Å². The Balaban J connectivity index is 2.61. The van der Waals surface area contributed by atoms with Crippen LogP contribution in [0.1, 0.15) is 11.3 Å². The Morgan fingerprint density at radius 2 is 1.68 bits per heavy atom. The van der Waals surface area contributed by atoms with Crippen LogP contribution in [0, 0.1) is 6.92 Å². The van der Waals surface area contributed by atoms with Gasteiger partial charge in [-0.1, -0.05) is 17.7 Å². The smallest absolute Gasteiger partial charge is 0.340 e. The lowest BCUT2D eigenvalue weighted by molar-refractivity contribution is -0.136. The molecule has 25 heavy (non-hydrogen) atoms. The molecule has 1 aromatic carbocycles. The Morgan fingerprint density at radius 3 is 2.24 bits per heavy atom. The number of hydrogen-bond acceptors (Lipinski definition) is 6. The van der Waals surface area contributed by atoms with Crippen LogP contribution in [0.15, 0.2) is 53.6 Å². The highest BCUT2D eigenvalue weighted by atomic mass is 32.2. The van der Waals surface area contributed by atoms with Crippen LogP contribution in [0.5, 0.6) is 0 Å². The Morgan fingerprint density at radius 1 is 1.04 bits per heavy atom. The molecule has 132 valence electrons. The fourth-order valence-electron chi connectivity index (χ4n) is 2.13. The molecular formula is C17H17NO6S. The molecule has 0 saturated carbocycles. The van der Waals surface area contributed by atoms with Crippen molar-refractivity contribution >= 4 is 27.5 Å². The molecule has 0 saturated heterocycles. The van der Waals surface area contributed by atoms with Gasteiger partial charge < -0.3 is 9.47 Å². The van der Waals surface area contributed by atoms with Crippen molar-refractivity contribution in [2.75, 3.05) is 14.2 Å². The van der Waals surface area contributed by atoms with Gasteiger partial charge in [-0.05, 0) is 31.2 Å². The van der Waals surface area contributed by atoms with Gasteiger partial charge in [-0.3, -0.25) is 0 Å². The van der Waals surface area contributed by atoms with Crippen LogP contribution in [0.4, 0.5) is 0 Å². The minimum absolute atomic E-state index is 0.00201. The van der Waals surface area contributed by atoms with Gasteiger partial charge in [-0.15, -0.1) is 0 Å². The molecule has 0 aliphatic carbocycles. The second kappa shape index (κ2) is 7.35. The van der Waals surface area contributed by atoms with E-state index in [2.05, 4.69) is 9.47 Å². The Hall–Kier alpha value is -2.87. The number of aryl methyl sites for hydroxylation is 1. The largest absolute Gasteiger partial charge is 0.466 e. The van der Waals surface area contributed by atoms with Gasteiger partial charge in [0, 0.05) is 12.3 Å². The quantitative estimate of drug-likeness (QED) is 0.594. The standard InChI is InChI=1S/C17H17NO6S/c1-12-6-8-13(9-7-12)25(21,22)18-10-4-5-15(18)14(17(20)24-3)11-16(19)23-2/h4-11H,1-3H3/b14-11+. The van der Waals surface area contributed by atoms with Gasteiger partial charge in [0.15, 0.2) is 0 Å². The van der Waals surface area contributed by atoms with Crippen molar-refractivity contribution in [3.05, 3.63) is 59.9 Å². The lowest BCUT2D eigenvalue weighted by atomic mass is 10.2. The molecule has 0 radical (unpaired) electrons. The Bertz CT molecular complexity index is 922. The second-order valence-corrected chi connectivity index (χ2v) is 6.90. The molecule has 0 fully saturated rings. The van der Waals surface area contributed by atoms with Crippen LogP contribution in [0.2, 0.25) is 0 Å². The Kier molecular flexibility index (Phi) is 5.43. The van der Waals surface area contributed by atoms with Gasteiger partial charge >= 0.3 is 11.9 Å². The third kappa shape index (κ3) is 3.80. The predicted molar refractivity (Wildman–Crippen MR) is 90.2 cm³/mol. The number of carbonyl (C=O) groups is 2. The summed E-state index contributed by atoms with van der Waals surface area (Å²) in [6.45, 7) is 1.84. The topological polar surface area (TPSA) is 91.7 Å². The molecule has 2 aromatic rings. The fourth-order valence-corrected chi connectivity index (χ4v) is 3.49. The monoisotopic (exact) mass is 363 g/mol. The van der Waals surface area contributed by atoms with Gasteiger partial charge in [0.2, 0.25) is 0 Å². The van der Waals surface area contributed by atoms with Crippen LogP contribution in [0.3, 0.4) is 0 Å². The summed E-state index contributed by atoms with van der Waals surface area (Å²) in [5.74, 6) is -1.66. The highest BCUT2D eigenvalue weighted by molar-refractivity contribution is 7.90. The van der Waals surface area contributed by atoms with Crippen molar-refractivity contribution in [2.24, 2.45) is 0 Å². The number of nitrogens with zero attached hydrogens (tertiary/aromatic N) is 1. The fraction of sp³-hybridized carbons (Fsp3) is 0.176. The average Bonchev–Trinajstić information content (AvgIpc) is 3.09. The predicted octanol–water partition coefficient (Wildman–Crippen LogP) is 1.76. The summed E-state index contributed by atoms with van der Waals surface area (Å²) < 4.78 is 35.8. The molecule has 1 aromatic heterocycles. The summed E-state index contributed by atoms with van der Waals surface area (Å²) in [6.07, 6.45) is 2.18. The van der Waals surface area contributed by atoms with Gasteiger partial charge in [0.05, 0.1) is 30.4 Å². The number of rotatable bonds is 5. The summed E-state index contributed by atoms with van der Waals surface area (Å²) in [6, 6.07) is 9.13. The maximum atomic E-state index is 12.9. The Labute approximate surface area is 145 Å². The summed E-state index contributed by atoms with van der Waals surface area (Å²) in [7, 11) is -1.67. The summed E-state index contributed by atoms with van der Waals surface area (Å²) >= 11 is 0. The number of carbonyl (C=O) groups excluding carboxylic acids is 2. The zero-order valence-electron chi connectivity index (χ0n) is 13.9. The lowest BCUT2D eigenvalue weighted by Gasteiger charge is -2.12. The van der Waals surface area contributed by atoms with Crippen molar-refractivity contribution in [3.63, 3.8) is 0 Å². The van der Waals surface area contributed by atoms with Crippen molar-refractivity contribution in [1.29, 1.82) is 0 Å². The SMILES string of the molecule is COC(=O)/C=C(/C(=O)OC)c1cccn1S(=O)(=O)c1ccc(C)cc1. The van der Waals surface area contributed by atoms with E-state index in [0.717, 1.165) is 29.8 Å². The number of ether oxygens (including phenoxy) is 2. The number of aromatic nitrogens is 1. The van der Waals surface area contributed by atoms with E-state index in [1.165, 1.54) is 30.5 Å². The van der Waals surface area contributed by atoms with Crippen LogP contribution in [-0.2, 0) is 29.1 Å². The number of esters is 2. The third-order valence-electron chi connectivity index (χ3n) is 3.44. The normalized spacial score (nSPS) is 11.9. The van der Waals surface area contributed by atoms with E-state index < -0.39 is 22.0 Å². The van der Waals surface area contributed by atoms with E-state index >= 15 is 0 Å². The van der Waals surface area contributed by atoms with E-state index in [1.54, 1.807) is 12.1 Å². The van der Waals surface area contributed by atoms with Crippen molar-refractivity contribution in [3.8, 4) is 0 Å². The van der Waals surface area contributed by atoms with E-state index in [-0.39, 0.29) is 16.2 Å². The highest BCUT2D eigenvalue weighted by Crippen LogP contribution is 2.23. The minimum atomic E-state index is -3.96. The maximum absolute atomic E-state index is 12.9. The second-order valence-electron chi connectivity index (χ2n) is 5.08. The molecule has 0 aliphatic heterocycles. The van der Waals surface area contributed by atoms with Gasteiger partial charge in [-0.2, -0.15) is 0 Å². The first kappa shape index (κ1) is 18.5. The van der Waals surface area contributed by atoms with Gasteiger partial charge in [0.25, 0.3) is 10.0 Å².